The molecule has 0 spiro atoms. The van der Waals surface area contributed by atoms with E-state index in [1.54, 1.807) is 12.1 Å². The van der Waals surface area contributed by atoms with Gasteiger partial charge >= 0.3 is 0 Å². The number of rotatable bonds is 3. The van der Waals surface area contributed by atoms with Crippen LogP contribution in [0.3, 0.4) is 0 Å². The number of ketones is 1. The molecule has 1 nitrogen and oxygen atoms in total. The molecule has 0 fully saturated rings. The van der Waals surface area contributed by atoms with Crippen molar-refractivity contribution in [1.29, 1.82) is 0 Å². The Kier molecular flexibility index (Phi) is 4.23. The summed E-state index contributed by atoms with van der Waals surface area (Å²) < 4.78 is 0.950. The van der Waals surface area contributed by atoms with Gasteiger partial charge in [-0.1, -0.05) is 59.1 Å². The minimum absolute atomic E-state index is 0.135. The summed E-state index contributed by atoms with van der Waals surface area (Å²) in [5.41, 5.74) is 2.62. The number of aryl methyl sites for hydroxylation is 1. The van der Waals surface area contributed by atoms with Crippen LogP contribution in [0.25, 0.3) is 6.08 Å². The van der Waals surface area contributed by atoms with Gasteiger partial charge in [-0.15, -0.1) is 11.3 Å². The summed E-state index contributed by atoms with van der Waals surface area (Å²) in [4.78, 5) is 11.9. The highest BCUT2D eigenvalue weighted by molar-refractivity contribution is 7.20. The maximum atomic E-state index is 11.9. The molecular formula is C14H10Cl2OS. The maximum Gasteiger partial charge on any atom is 0.188 e. The predicted molar refractivity (Wildman–Crippen MR) is 78.9 cm³/mol. The van der Waals surface area contributed by atoms with E-state index in [0.717, 1.165) is 5.56 Å². The number of hydrogen-bond acceptors (Lipinski definition) is 2. The molecule has 0 radical (unpaired) electrons. The molecule has 0 saturated heterocycles. The molecule has 1 aromatic carbocycles. The number of carbonyl (C=O) groups excluding carboxylic acids is 1. The third-order valence-corrected chi connectivity index (χ3v) is 3.91. The Morgan fingerprint density at radius 2 is 1.89 bits per heavy atom. The van der Waals surface area contributed by atoms with E-state index in [2.05, 4.69) is 0 Å². The number of thiophene rings is 1. The van der Waals surface area contributed by atoms with Crippen LogP contribution in [0.1, 0.15) is 21.5 Å². The standard InChI is InChI=1S/C14H10Cl2OS/c1-9-2-4-10(5-3-9)6-7-12(17)11-8-13(15)18-14(11)16/h2-8H,1H3/b7-6+. The fourth-order valence-electron chi connectivity index (χ4n) is 1.45. The average Bonchev–Trinajstić information content (AvgIpc) is 2.67. The molecular weight excluding hydrogens is 287 g/mol. The van der Waals surface area contributed by atoms with E-state index in [9.17, 15) is 4.79 Å². The van der Waals surface area contributed by atoms with Crippen LogP contribution in [0.2, 0.25) is 8.67 Å². The summed E-state index contributed by atoms with van der Waals surface area (Å²) in [6.45, 7) is 2.02. The molecule has 0 bridgehead atoms. The normalized spacial score (nSPS) is 11.1. The second-order valence-electron chi connectivity index (χ2n) is 3.85. The van der Waals surface area contributed by atoms with Gasteiger partial charge in [0, 0.05) is 0 Å². The lowest BCUT2D eigenvalue weighted by atomic mass is 10.1. The zero-order chi connectivity index (χ0) is 13.1. The lowest BCUT2D eigenvalue weighted by Gasteiger charge is -1.95. The summed E-state index contributed by atoms with van der Waals surface area (Å²) in [6.07, 6.45) is 3.28. The Morgan fingerprint density at radius 3 is 2.44 bits per heavy atom. The molecule has 18 heavy (non-hydrogen) atoms. The average molecular weight is 297 g/mol. The largest absolute Gasteiger partial charge is 0.289 e. The molecule has 4 heteroatoms. The molecule has 0 saturated carbocycles. The van der Waals surface area contributed by atoms with Gasteiger partial charge in [0.2, 0.25) is 0 Å². The molecule has 0 unspecified atom stereocenters. The highest BCUT2D eigenvalue weighted by Gasteiger charge is 2.11. The van der Waals surface area contributed by atoms with Crippen molar-refractivity contribution < 1.29 is 4.79 Å². The van der Waals surface area contributed by atoms with E-state index in [1.165, 1.54) is 23.0 Å². The Hall–Kier alpha value is -1.09. The first-order valence-corrected chi connectivity index (χ1v) is 6.87. The summed E-state index contributed by atoms with van der Waals surface area (Å²) in [5, 5.41) is 0. The quantitative estimate of drug-likeness (QED) is 0.558. The van der Waals surface area contributed by atoms with Crippen LogP contribution in [-0.2, 0) is 0 Å². The minimum Gasteiger partial charge on any atom is -0.289 e. The van der Waals surface area contributed by atoms with Gasteiger partial charge in [-0.2, -0.15) is 0 Å². The van der Waals surface area contributed by atoms with Crippen molar-refractivity contribution in [3.8, 4) is 0 Å². The molecule has 1 heterocycles. The Balaban J connectivity index is 2.16. The van der Waals surface area contributed by atoms with Gasteiger partial charge in [-0.3, -0.25) is 4.79 Å². The molecule has 2 rings (SSSR count). The Bertz CT molecular complexity index is 597. The zero-order valence-electron chi connectivity index (χ0n) is 9.61. The molecule has 1 aromatic heterocycles. The van der Waals surface area contributed by atoms with Crippen LogP contribution >= 0.6 is 34.5 Å². The number of carbonyl (C=O) groups is 1. The van der Waals surface area contributed by atoms with Crippen molar-refractivity contribution in [2.75, 3.05) is 0 Å². The number of benzene rings is 1. The molecule has 0 N–H and O–H groups in total. The van der Waals surface area contributed by atoms with Gasteiger partial charge in [0.25, 0.3) is 0 Å². The lowest BCUT2D eigenvalue weighted by molar-refractivity contribution is 0.104. The van der Waals surface area contributed by atoms with Crippen molar-refractivity contribution >= 4 is 46.4 Å². The van der Waals surface area contributed by atoms with Crippen LogP contribution in [0.4, 0.5) is 0 Å². The third kappa shape index (κ3) is 3.22. The van der Waals surface area contributed by atoms with Gasteiger partial charge in [0.15, 0.2) is 5.78 Å². The second-order valence-corrected chi connectivity index (χ2v) is 6.13. The monoisotopic (exact) mass is 296 g/mol. The first-order chi connectivity index (χ1) is 8.56. The molecule has 0 amide bonds. The van der Waals surface area contributed by atoms with E-state index in [1.807, 2.05) is 31.2 Å². The summed E-state index contributed by atoms with van der Waals surface area (Å²) in [7, 11) is 0. The number of allylic oxidation sites excluding steroid dienone is 1. The van der Waals surface area contributed by atoms with Gasteiger partial charge < -0.3 is 0 Å². The van der Waals surface area contributed by atoms with E-state index in [4.69, 9.17) is 23.2 Å². The smallest absolute Gasteiger partial charge is 0.188 e. The van der Waals surface area contributed by atoms with E-state index in [0.29, 0.717) is 14.2 Å². The van der Waals surface area contributed by atoms with Crippen LogP contribution in [0, 0.1) is 6.92 Å². The maximum absolute atomic E-state index is 11.9. The van der Waals surface area contributed by atoms with E-state index in [-0.39, 0.29) is 5.78 Å². The second kappa shape index (κ2) is 5.70. The first-order valence-electron chi connectivity index (χ1n) is 5.30. The fourth-order valence-corrected chi connectivity index (χ4v) is 2.92. The van der Waals surface area contributed by atoms with Crippen LogP contribution in [0.5, 0.6) is 0 Å². The minimum atomic E-state index is -0.135. The molecule has 0 aliphatic carbocycles. The number of halogens is 2. The topological polar surface area (TPSA) is 17.1 Å². The van der Waals surface area contributed by atoms with Gasteiger partial charge in [0.1, 0.15) is 4.34 Å². The van der Waals surface area contributed by atoms with Gasteiger partial charge in [0.05, 0.1) is 9.90 Å². The molecule has 0 aliphatic heterocycles. The van der Waals surface area contributed by atoms with Crippen molar-refractivity contribution in [3.05, 3.63) is 61.8 Å². The van der Waals surface area contributed by atoms with Crippen LogP contribution in [-0.4, -0.2) is 5.78 Å². The van der Waals surface area contributed by atoms with Crippen molar-refractivity contribution in [1.82, 2.24) is 0 Å². The summed E-state index contributed by atoms with van der Waals surface area (Å²) in [6, 6.07) is 9.51. The SMILES string of the molecule is Cc1ccc(/C=C/C(=O)c2cc(Cl)sc2Cl)cc1. The van der Waals surface area contributed by atoms with E-state index >= 15 is 0 Å². The fraction of sp³-hybridized carbons (Fsp3) is 0.0714. The third-order valence-electron chi connectivity index (χ3n) is 2.43. The van der Waals surface area contributed by atoms with Crippen molar-refractivity contribution in [2.45, 2.75) is 6.92 Å². The van der Waals surface area contributed by atoms with Crippen molar-refractivity contribution in [2.24, 2.45) is 0 Å². The van der Waals surface area contributed by atoms with E-state index < -0.39 is 0 Å². The number of hydrogen-bond donors (Lipinski definition) is 0. The lowest BCUT2D eigenvalue weighted by Crippen LogP contribution is -1.91. The predicted octanol–water partition coefficient (Wildman–Crippen LogP) is 5.26. The van der Waals surface area contributed by atoms with Crippen LogP contribution < -0.4 is 0 Å². The van der Waals surface area contributed by atoms with Crippen molar-refractivity contribution in [3.63, 3.8) is 0 Å². The van der Waals surface area contributed by atoms with Gasteiger partial charge in [-0.05, 0) is 24.6 Å². The highest BCUT2D eigenvalue weighted by atomic mass is 35.5. The highest BCUT2D eigenvalue weighted by Crippen LogP contribution is 2.31. The zero-order valence-corrected chi connectivity index (χ0v) is 11.9. The van der Waals surface area contributed by atoms with Gasteiger partial charge in [-0.25, -0.2) is 0 Å². The molecule has 92 valence electrons. The molecule has 0 atom stereocenters. The Labute approximate surface area is 120 Å². The first kappa shape index (κ1) is 13.3. The summed E-state index contributed by atoms with van der Waals surface area (Å²) >= 11 is 12.9. The Morgan fingerprint density at radius 1 is 1.22 bits per heavy atom. The van der Waals surface area contributed by atoms with Crippen LogP contribution in [0.15, 0.2) is 36.4 Å². The molecule has 2 aromatic rings. The molecule has 0 aliphatic rings. The summed E-state index contributed by atoms with van der Waals surface area (Å²) in [5.74, 6) is -0.135.